The summed E-state index contributed by atoms with van der Waals surface area (Å²) < 4.78 is 0. The lowest BCUT2D eigenvalue weighted by Crippen LogP contribution is -2.23. The van der Waals surface area contributed by atoms with E-state index >= 15 is 0 Å². The summed E-state index contributed by atoms with van der Waals surface area (Å²) in [6, 6.07) is 13.8. The summed E-state index contributed by atoms with van der Waals surface area (Å²) in [5.74, 6) is -0.488. The van der Waals surface area contributed by atoms with Crippen molar-refractivity contribution in [2.75, 3.05) is 0 Å². The molecule has 0 aliphatic heterocycles. The third-order valence-corrected chi connectivity index (χ3v) is 4.63. The molecule has 1 amide bonds. The molecule has 0 fully saturated rings. The largest absolute Gasteiger partial charge is 0.346 e. The lowest BCUT2D eigenvalue weighted by molar-refractivity contribution is -0.385. The van der Waals surface area contributed by atoms with E-state index in [0.29, 0.717) is 0 Å². The number of nitro groups is 1. The van der Waals surface area contributed by atoms with Crippen LogP contribution in [0.3, 0.4) is 0 Å². The Morgan fingerprint density at radius 2 is 1.92 bits per heavy atom. The van der Waals surface area contributed by atoms with E-state index in [1.54, 1.807) is 6.07 Å². The monoisotopic (exact) mass is 353 g/mol. The second-order valence-corrected chi connectivity index (χ2v) is 6.27. The molecule has 0 bridgehead atoms. The van der Waals surface area contributed by atoms with E-state index in [0.717, 1.165) is 21.8 Å². The third kappa shape index (κ3) is 3.72. The second-order valence-electron chi connectivity index (χ2n) is 5.42. The molecule has 0 unspecified atom stereocenters. The highest BCUT2D eigenvalue weighted by Crippen LogP contribution is 2.26. The smallest absolute Gasteiger partial charge is 0.282 e. The van der Waals surface area contributed by atoms with Gasteiger partial charge in [-0.1, -0.05) is 36.4 Å². The van der Waals surface area contributed by atoms with Gasteiger partial charge in [0.05, 0.1) is 17.2 Å². The molecule has 0 atom stereocenters. The fraction of sp³-hybridized carbons (Fsp3) is 0.111. The molecule has 0 spiro atoms. The van der Waals surface area contributed by atoms with Gasteiger partial charge < -0.3 is 5.32 Å². The van der Waals surface area contributed by atoms with Crippen LogP contribution in [0.4, 0.5) is 5.69 Å². The van der Waals surface area contributed by atoms with Crippen LogP contribution in [0.15, 0.2) is 53.9 Å². The Morgan fingerprint density at radius 1 is 1.20 bits per heavy atom. The number of aromatic nitrogens is 1. The van der Waals surface area contributed by atoms with Crippen LogP contribution in [0.25, 0.3) is 10.6 Å². The number of nitrogens with one attached hydrogen (secondary N) is 1. The number of nitrogens with zero attached hydrogens (tertiary/aromatic N) is 2. The summed E-state index contributed by atoms with van der Waals surface area (Å²) in [6.45, 7) is 2.24. The van der Waals surface area contributed by atoms with Gasteiger partial charge in [-0.25, -0.2) is 4.98 Å². The van der Waals surface area contributed by atoms with E-state index in [-0.39, 0.29) is 17.8 Å². The first-order valence-electron chi connectivity index (χ1n) is 7.58. The van der Waals surface area contributed by atoms with Crippen LogP contribution in [0, 0.1) is 17.0 Å². The van der Waals surface area contributed by atoms with E-state index in [1.807, 2.05) is 36.6 Å². The molecule has 1 heterocycles. The van der Waals surface area contributed by atoms with Gasteiger partial charge in [0, 0.05) is 17.0 Å². The number of nitro benzene ring substituents is 1. The summed E-state index contributed by atoms with van der Waals surface area (Å²) in [5, 5.41) is 16.5. The molecule has 0 saturated heterocycles. The number of hydrogen-bond donors (Lipinski definition) is 1. The minimum Gasteiger partial charge on any atom is -0.346 e. The van der Waals surface area contributed by atoms with E-state index < -0.39 is 10.8 Å². The molecular formula is C18H15N3O3S. The highest BCUT2D eigenvalue weighted by atomic mass is 32.1. The average Bonchev–Trinajstić information content (AvgIpc) is 3.08. The van der Waals surface area contributed by atoms with Crippen molar-refractivity contribution >= 4 is 22.9 Å². The molecule has 2 aromatic carbocycles. The standard InChI is InChI=1S/C18H15N3O3S/c1-12-6-2-3-7-14(12)18-20-13(11-25-18)10-19-17(22)15-8-4-5-9-16(15)21(23)24/h2-9,11H,10H2,1H3,(H,19,22). The van der Waals surface area contributed by atoms with Gasteiger partial charge in [-0.15, -0.1) is 11.3 Å². The molecule has 3 rings (SSSR count). The van der Waals surface area contributed by atoms with Gasteiger partial charge in [0.2, 0.25) is 0 Å². The number of carbonyl (C=O) groups excluding carboxylic acids is 1. The molecule has 0 saturated carbocycles. The molecule has 1 aromatic heterocycles. The first-order chi connectivity index (χ1) is 12.1. The van der Waals surface area contributed by atoms with Gasteiger partial charge in [0.1, 0.15) is 10.6 Å². The number of benzene rings is 2. The number of aryl methyl sites for hydroxylation is 1. The topological polar surface area (TPSA) is 85.1 Å². The van der Waals surface area contributed by atoms with Crippen molar-refractivity contribution in [2.45, 2.75) is 13.5 Å². The maximum atomic E-state index is 12.2. The Labute approximate surface area is 148 Å². The SMILES string of the molecule is Cc1ccccc1-c1nc(CNC(=O)c2ccccc2[N+](=O)[O-])cs1. The number of hydrogen-bond acceptors (Lipinski definition) is 5. The molecule has 1 N–H and O–H groups in total. The molecule has 6 nitrogen and oxygen atoms in total. The van der Waals surface area contributed by atoms with Crippen LogP contribution in [-0.4, -0.2) is 15.8 Å². The summed E-state index contributed by atoms with van der Waals surface area (Å²) in [5.41, 5.74) is 2.74. The summed E-state index contributed by atoms with van der Waals surface area (Å²) >= 11 is 1.50. The van der Waals surface area contributed by atoms with Gasteiger partial charge in [-0.3, -0.25) is 14.9 Å². The normalized spacial score (nSPS) is 10.4. The van der Waals surface area contributed by atoms with E-state index in [4.69, 9.17) is 0 Å². The van der Waals surface area contributed by atoms with Crippen LogP contribution >= 0.6 is 11.3 Å². The maximum Gasteiger partial charge on any atom is 0.282 e. The lowest BCUT2D eigenvalue weighted by Gasteiger charge is -2.04. The number of rotatable bonds is 5. The van der Waals surface area contributed by atoms with Crippen molar-refractivity contribution in [2.24, 2.45) is 0 Å². The number of carbonyl (C=O) groups is 1. The summed E-state index contributed by atoms with van der Waals surface area (Å²) in [6.07, 6.45) is 0. The molecule has 3 aromatic rings. The predicted octanol–water partition coefficient (Wildman–Crippen LogP) is 3.96. The van der Waals surface area contributed by atoms with E-state index in [2.05, 4.69) is 10.3 Å². The zero-order valence-electron chi connectivity index (χ0n) is 13.4. The lowest BCUT2D eigenvalue weighted by atomic mass is 10.1. The van der Waals surface area contributed by atoms with Gasteiger partial charge >= 0.3 is 0 Å². The van der Waals surface area contributed by atoms with Gasteiger partial charge in [0.25, 0.3) is 11.6 Å². The minimum atomic E-state index is -0.561. The van der Waals surface area contributed by atoms with Crippen LogP contribution in [0.1, 0.15) is 21.6 Å². The summed E-state index contributed by atoms with van der Waals surface area (Å²) in [7, 11) is 0. The van der Waals surface area contributed by atoms with Crippen LogP contribution in [0.5, 0.6) is 0 Å². The number of para-hydroxylation sites is 1. The van der Waals surface area contributed by atoms with Crippen molar-refractivity contribution in [3.05, 3.63) is 80.8 Å². The fourth-order valence-corrected chi connectivity index (χ4v) is 3.33. The quantitative estimate of drug-likeness (QED) is 0.556. The molecule has 0 radical (unpaired) electrons. The van der Waals surface area contributed by atoms with Crippen LogP contribution < -0.4 is 5.32 Å². The molecule has 7 heteroatoms. The Balaban J connectivity index is 1.72. The second kappa shape index (κ2) is 7.23. The van der Waals surface area contributed by atoms with E-state index in [1.165, 1.54) is 29.5 Å². The Bertz CT molecular complexity index is 937. The van der Waals surface area contributed by atoms with Gasteiger partial charge in [-0.05, 0) is 18.6 Å². The molecule has 0 aliphatic carbocycles. The van der Waals surface area contributed by atoms with E-state index in [9.17, 15) is 14.9 Å². The Hall–Kier alpha value is -3.06. The van der Waals surface area contributed by atoms with Crippen molar-refractivity contribution in [3.63, 3.8) is 0 Å². The summed E-state index contributed by atoms with van der Waals surface area (Å²) in [4.78, 5) is 27.2. The Morgan fingerprint density at radius 3 is 2.68 bits per heavy atom. The van der Waals surface area contributed by atoms with Crippen molar-refractivity contribution < 1.29 is 9.72 Å². The molecular weight excluding hydrogens is 338 g/mol. The van der Waals surface area contributed by atoms with Crippen LogP contribution in [0.2, 0.25) is 0 Å². The predicted molar refractivity (Wildman–Crippen MR) is 96.6 cm³/mol. The molecule has 25 heavy (non-hydrogen) atoms. The van der Waals surface area contributed by atoms with Crippen LogP contribution in [-0.2, 0) is 6.54 Å². The number of amides is 1. The fourth-order valence-electron chi connectivity index (χ4n) is 2.42. The molecule has 126 valence electrons. The third-order valence-electron chi connectivity index (χ3n) is 3.70. The van der Waals surface area contributed by atoms with Crippen molar-refractivity contribution in [1.29, 1.82) is 0 Å². The first kappa shape index (κ1) is 16.8. The van der Waals surface area contributed by atoms with Crippen molar-refractivity contribution in [3.8, 4) is 10.6 Å². The van der Waals surface area contributed by atoms with Gasteiger partial charge in [0.15, 0.2) is 0 Å². The molecule has 0 aliphatic rings. The zero-order valence-corrected chi connectivity index (χ0v) is 14.2. The average molecular weight is 353 g/mol. The maximum absolute atomic E-state index is 12.2. The minimum absolute atomic E-state index is 0.0434. The van der Waals surface area contributed by atoms with Gasteiger partial charge in [-0.2, -0.15) is 0 Å². The highest BCUT2D eigenvalue weighted by molar-refractivity contribution is 7.13. The number of thiazole rings is 1. The highest BCUT2D eigenvalue weighted by Gasteiger charge is 2.19. The van der Waals surface area contributed by atoms with Crippen molar-refractivity contribution in [1.82, 2.24) is 10.3 Å². The first-order valence-corrected chi connectivity index (χ1v) is 8.46. The zero-order chi connectivity index (χ0) is 17.8. The Kier molecular flexibility index (Phi) is 4.85.